The van der Waals surface area contributed by atoms with Crippen molar-refractivity contribution in [2.75, 3.05) is 24.6 Å². The predicted octanol–water partition coefficient (Wildman–Crippen LogP) is 3.88. The lowest BCUT2D eigenvalue weighted by molar-refractivity contribution is -0.0521. The fraction of sp³-hybridized carbons (Fsp3) is 0.412. The number of hydrogen-bond acceptors (Lipinski definition) is 6. The molecule has 2 unspecified atom stereocenters. The third-order valence-corrected chi connectivity index (χ3v) is 4.38. The monoisotopic (exact) mass is 383 g/mol. The highest BCUT2D eigenvalue weighted by molar-refractivity contribution is 7.95. The lowest BCUT2D eigenvalue weighted by atomic mass is 10.1. The van der Waals surface area contributed by atoms with Crippen LogP contribution in [0.2, 0.25) is 0 Å². The summed E-state index contributed by atoms with van der Waals surface area (Å²) in [7, 11) is 0. The van der Waals surface area contributed by atoms with Crippen LogP contribution in [0.3, 0.4) is 0 Å². The summed E-state index contributed by atoms with van der Waals surface area (Å²) in [6.45, 7) is 2.66. The lowest BCUT2D eigenvalue weighted by Gasteiger charge is -2.38. The van der Waals surface area contributed by atoms with Crippen molar-refractivity contribution in [3.05, 3.63) is 36.0 Å². The summed E-state index contributed by atoms with van der Waals surface area (Å²) in [5.41, 5.74) is -2.48. The van der Waals surface area contributed by atoms with Crippen LogP contribution in [-0.2, 0) is 8.92 Å². The number of alkyl halides is 3. The summed E-state index contributed by atoms with van der Waals surface area (Å²) in [5, 5.41) is 10.1. The van der Waals surface area contributed by atoms with Crippen molar-refractivity contribution in [1.82, 2.24) is 4.98 Å². The van der Waals surface area contributed by atoms with Gasteiger partial charge in [0.25, 0.3) is 0 Å². The van der Waals surface area contributed by atoms with E-state index in [1.807, 2.05) is 24.0 Å². The SMILES string of the molecule is CC1CN(c2ccc(C#N)c3ncccc23)CC(COSC(F)(F)F)O1. The van der Waals surface area contributed by atoms with Gasteiger partial charge in [0, 0.05) is 30.4 Å². The Balaban J connectivity index is 1.81. The Morgan fingerprint density at radius 3 is 2.92 bits per heavy atom. The first-order chi connectivity index (χ1) is 12.4. The van der Waals surface area contributed by atoms with Gasteiger partial charge in [-0.3, -0.25) is 4.98 Å². The molecule has 1 saturated heterocycles. The van der Waals surface area contributed by atoms with Crippen molar-refractivity contribution in [2.24, 2.45) is 0 Å². The molecule has 0 aliphatic carbocycles. The number of fused-ring (bicyclic) bond motifs is 1. The standard InChI is InChI=1S/C17H16F3N3O2S/c1-11-8-23(9-13(25-11)10-24-26-17(18,19)20)15-5-4-12(7-21)16-14(15)3-2-6-22-16/h2-6,11,13H,8-10H2,1H3. The molecule has 26 heavy (non-hydrogen) atoms. The van der Waals surface area contributed by atoms with E-state index in [4.69, 9.17) is 4.74 Å². The van der Waals surface area contributed by atoms with E-state index in [-0.39, 0.29) is 12.7 Å². The largest absolute Gasteiger partial charge is 0.467 e. The van der Waals surface area contributed by atoms with E-state index < -0.39 is 23.7 Å². The van der Waals surface area contributed by atoms with Crippen molar-refractivity contribution in [1.29, 1.82) is 5.26 Å². The fourth-order valence-corrected chi connectivity index (χ4v) is 3.39. The van der Waals surface area contributed by atoms with Gasteiger partial charge in [0.2, 0.25) is 0 Å². The number of nitrogens with zero attached hydrogens (tertiary/aromatic N) is 3. The van der Waals surface area contributed by atoms with Crippen LogP contribution in [0.1, 0.15) is 12.5 Å². The Hall–Kier alpha value is -2.02. The van der Waals surface area contributed by atoms with Gasteiger partial charge in [-0.15, -0.1) is 0 Å². The molecule has 9 heteroatoms. The average Bonchev–Trinajstić information content (AvgIpc) is 2.59. The predicted molar refractivity (Wildman–Crippen MR) is 92.6 cm³/mol. The number of benzene rings is 1. The number of morpholine rings is 1. The van der Waals surface area contributed by atoms with E-state index in [2.05, 4.69) is 15.2 Å². The minimum Gasteiger partial charge on any atom is -0.369 e. The highest BCUT2D eigenvalue weighted by Crippen LogP contribution is 2.33. The summed E-state index contributed by atoms with van der Waals surface area (Å²) in [5.74, 6) is 0. The summed E-state index contributed by atoms with van der Waals surface area (Å²) in [4.78, 5) is 6.32. The smallest absolute Gasteiger partial charge is 0.369 e. The zero-order chi connectivity index (χ0) is 18.7. The molecule has 0 amide bonds. The van der Waals surface area contributed by atoms with Gasteiger partial charge in [0.1, 0.15) is 18.1 Å². The first kappa shape index (κ1) is 18.8. The molecular weight excluding hydrogens is 367 g/mol. The molecule has 1 aliphatic rings. The highest BCUT2D eigenvalue weighted by Gasteiger charge is 2.32. The number of pyridine rings is 1. The van der Waals surface area contributed by atoms with Crippen LogP contribution in [0.5, 0.6) is 0 Å². The molecule has 0 spiro atoms. The third kappa shape index (κ3) is 4.38. The Bertz CT molecular complexity index is 825. The number of aromatic nitrogens is 1. The summed E-state index contributed by atoms with van der Waals surface area (Å²) in [6, 6.07) is 9.33. The average molecular weight is 383 g/mol. The normalized spacial score (nSPS) is 21.0. The molecule has 0 bridgehead atoms. The van der Waals surface area contributed by atoms with Crippen LogP contribution in [0.15, 0.2) is 30.5 Å². The van der Waals surface area contributed by atoms with E-state index in [0.717, 1.165) is 11.1 Å². The molecule has 2 aromatic rings. The number of halogens is 3. The molecular formula is C17H16F3N3O2S. The lowest BCUT2D eigenvalue weighted by Crippen LogP contribution is -2.48. The van der Waals surface area contributed by atoms with E-state index in [1.165, 1.54) is 0 Å². The van der Waals surface area contributed by atoms with Crippen LogP contribution < -0.4 is 4.90 Å². The molecule has 0 saturated carbocycles. The number of rotatable bonds is 4. The second kappa shape index (κ2) is 7.70. The molecule has 2 atom stereocenters. The fourth-order valence-electron chi connectivity index (χ4n) is 3.03. The van der Waals surface area contributed by atoms with Gasteiger partial charge in [-0.1, -0.05) is 0 Å². The molecule has 0 N–H and O–H groups in total. The second-order valence-corrected chi connectivity index (χ2v) is 6.80. The molecule has 1 aliphatic heterocycles. The summed E-state index contributed by atoms with van der Waals surface area (Å²) >= 11 is -0.512. The van der Waals surface area contributed by atoms with Crippen molar-refractivity contribution < 1.29 is 22.1 Å². The minimum absolute atomic E-state index is 0.169. The molecule has 5 nitrogen and oxygen atoms in total. The Morgan fingerprint density at radius 1 is 1.38 bits per heavy atom. The molecule has 1 fully saturated rings. The number of nitriles is 1. The quantitative estimate of drug-likeness (QED) is 0.747. The summed E-state index contributed by atoms with van der Waals surface area (Å²) in [6.07, 6.45) is 0.964. The maximum Gasteiger partial charge on any atom is 0.467 e. The first-order valence-electron chi connectivity index (χ1n) is 7.93. The van der Waals surface area contributed by atoms with E-state index >= 15 is 0 Å². The third-order valence-electron chi connectivity index (χ3n) is 3.94. The van der Waals surface area contributed by atoms with Gasteiger partial charge < -0.3 is 13.8 Å². The maximum absolute atomic E-state index is 12.2. The van der Waals surface area contributed by atoms with Crippen molar-refractivity contribution >= 4 is 28.6 Å². The molecule has 0 radical (unpaired) electrons. The van der Waals surface area contributed by atoms with E-state index in [1.54, 1.807) is 18.3 Å². The maximum atomic E-state index is 12.2. The van der Waals surface area contributed by atoms with Gasteiger partial charge >= 0.3 is 5.51 Å². The topological polar surface area (TPSA) is 58.4 Å². The number of ether oxygens (including phenoxy) is 1. The zero-order valence-electron chi connectivity index (χ0n) is 13.9. The van der Waals surface area contributed by atoms with Gasteiger partial charge in [0.05, 0.1) is 29.9 Å². The van der Waals surface area contributed by atoms with E-state index in [0.29, 0.717) is 24.2 Å². The molecule has 1 aromatic carbocycles. The van der Waals surface area contributed by atoms with Crippen molar-refractivity contribution in [3.8, 4) is 6.07 Å². The van der Waals surface area contributed by atoms with E-state index in [9.17, 15) is 18.4 Å². The Labute approximate surface area is 152 Å². The Kier molecular flexibility index (Phi) is 5.55. The number of anilines is 1. The van der Waals surface area contributed by atoms with Gasteiger partial charge in [0.15, 0.2) is 0 Å². The highest BCUT2D eigenvalue weighted by atomic mass is 32.2. The molecule has 3 rings (SSSR count). The number of hydrogen-bond donors (Lipinski definition) is 0. The van der Waals surface area contributed by atoms with Crippen LogP contribution in [0.4, 0.5) is 18.9 Å². The summed E-state index contributed by atoms with van der Waals surface area (Å²) < 4.78 is 47.1. The molecule has 1 aromatic heterocycles. The van der Waals surface area contributed by atoms with Gasteiger partial charge in [-0.25, -0.2) is 0 Å². The van der Waals surface area contributed by atoms with Gasteiger partial charge in [-0.05, 0) is 31.2 Å². The van der Waals surface area contributed by atoms with Crippen molar-refractivity contribution in [2.45, 2.75) is 24.6 Å². The Morgan fingerprint density at radius 2 is 2.19 bits per heavy atom. The van der Waals surface area contributed by atoms with Crippen LogP contribution in [-0.4, -0.2) is 42.4 Å². The van der Waals surface area contributed by atoms with Crippen LogP contribution in [0.25, 0.3) is 10.9 Å². The van der Waals surface area contributed by atoms with Crippen molar-refractivity contribution in [3.63, 3.8) is 0 Å². The molecule has 2 heterocycles. The molecule has 138 valence electrons. The van der Waals surface area contributed by atoms with Gasteiger partial charge in [-0.2, -0.15) is 18.4 Å². The zero-order valence-corrected chi connectivity index (χ0v) is 14.7. The van der Waals surface area contributed by atoms with Crippen LogP contribution in [0, 0.1) is 11.3 Å². The first-order valence-corrected chi connectivity index (χ1v) is 8.67. The minimum atomic E-state index is -4.44. The second-order valence-electron chi connectivity index (χ2n) is 5.93. The van der Waals surface area contributed by atoms with Crippen LogP contribution >= 0.6 is 12.0 Å².